The Hall–Kier alpha value is -1.94. The van der Waals surface area contributed by atoms with E-state index in [2.05, 4.69) is 96.6 Å². The van der Waals surface area contributed by atoms with E-state index in [1.807, 2.05) is 0 Å². The van der Waals surface area contributed by atoms with Crippen molar-refractivity contribution < 1.29 is 0 Å². The molecule has 2 aromatic heterocycles. The van der Waals surface area contributed by atoms with Gasteiger partial charge in [-0.2, -0.15) is 5.10 Å². The average Bonchev–Trinajstić information content (AvgIpc) is 3.56. The molecule has 3 fully saturated rings. The molecule has 224 valence electrons. The Bertz CT molecular complexity index is 1590. The zero-order chi connectivity index (χ0) is 29.5. The molecule has 7 atom stereocenters. The van der Waals surface area contributed by atoms with Crippen LogP contribution in [0.1, 0.15) is 118 Å². The lowest BCUT2D eigenvalue weighted by atomic mass is 9.32. The quantitative estimate of drug-likeness (QED) is 0.268. The molecule has 5 aliphatic carbocycles. The summed E-state index contributed by atoms with van der Waals surface area (Å²) in [5.74, 6) is 2.21. The van der Waals surface area contributed by atoms with Crippen LogP contribution in [0.25, 0.3) is 15.3 Å². The normalized spacial score (nSPS) is 41.6. The smallest absolute Gasteiger partial charge is 0.211 e. The summed E-state index contributed by atoms with van der Waals surface area (Å²) in [6.45, 7) is 21.0. The molecule has 3 aromatic rings. The van der Waals surface area contributed by atoms with Gasteiger partial charge >= 0.3 is 0 Å². The molecule has 4 heteroatoms. The van der Waals surface area contributed by atoms with Crippen molar-refractivity contribution in [2.75, 3.05) is 0 Å². The molecule has 0 unspecified atom stereocenters. The van der Waals surface area contributed by atoms with E-state index in [1.54, 1.807) is 16.9 Å². The topological polar surface area (TPSA) is 30.7 Å². The summed E-state index contributed by atoms with van der Waals surface area (Å²) in [4.78, 5) is 5.02. The second-order valence-corrected chi connectivity index (χ2v) is 18.6. The van der Waals surface area contributed by atoms with Crippen LogP contribution in [0, 0.1) is 44.8 Å². The molecule has 0 spiro atoms. The Morgan fingerprint density at radius 1 is 0.833 bits per heavy atom. The molecule has 0 amide bonds. The van der Waals surface area contributed by atoms with Crippen molar-refractivity contribution in [3.63, 3.8) is 0 Å². The molecular weight excluding hydrogens is 531 g/mol. The molecule has 0 radical (unpaired) electrons. The Morgan fingerprint density at radius 3 is 2.33 bits per heavy atom. The number of para-hydroxylation sites is 1. The molecule has 42 heavy (non-hydrogen) atoms. The van der Waals surface area contributed by atoms with Crippen molar-refractivity contribution in [2.24, 2.45) is 44.8 Å². The molecule has 3 saturated carbocycles. The fraction of sp³-hybridized carbons (Fsp3) is 0.684. The lowest BCUT2D eigenvalue weighted by Gasteiger charge is -2.73. The highest BCUT2D eigenvalue weighted by molar-refractivity contribution is 7.20. The number of fused-ring (bicyclic) bond motifs is 9. The van der Waals surface area contributed by atoms with E-state index in [0.717, 1.165) is 28.9 Å². The van der Waals surface area contributed by atoms with Gasteiger partial charge in [0.1, 0.15) is 0 Å². The third-order valence-corrected chi connectivity index (χ3v) is 15.8. The third kappa shape index (κ3) is 3.40. The molecule has 0 aliphatic heterocycles. The zero-order valence-electron chi connectivity index (χ0n) is 27.3. The van der Waals surface area contributed by atoms with Gasteiger partial charge in [-0.3, -0.25) is 0 Å². The number of rotatable bonds is 1. The monoisotopic (exact) mass is 581 g/mol. The predicted molar refractivity (Wildman–Crippen MR) is 175 cm³/mol. The molecule has 0 N–H and O–H groups in total. The first kappa shape index (κ1) is 27.6. The van der Waals surface area contributed by atoms with Crippen molar-refractivity contribution in [3.05, 3.63) is 53.4 Å². The first-order valence-corrected chi connectivity index (χ1v) is 17.7. The van der Waals surface area contributed by atoms with Gasteiger partial charge in [0, 0.05) is 5.41 Å². The van der Waals surface area contributed by atoms with Crippen LogP contribution in [0.4, 0.5) is 0 Å². The van der Waals surface area contributed by atoms with Gasteiger partial charge in [0.25, 0.3) is 0 Å². The molecule has 1 aromatic carbocycles. The summed E-state index contributed by atoms with van der Waals surface area (Å²) in [6, 6.07) is 8.49. The van der Waals surface area contributed by atoms with Gasteiger partial charge in [-0.25, -0.2) is 9.67 Å². The highest BCUT2D eigenvalue weighted by atomic mass is 32.1. The van der Waals surface area contributed by atoms with E-state index in [4.69, 9.17) is 10.1 Å². The maximum atomic E-state index is 5.04. The number of hydrogen-bond donors (Lipinski definition) is 0. The van der Waals surface area contributed by atoms with Gasteiger partial charge in [-0.15, -0.1) is 0 Å². The van der Waals surface area contributed by atoms with Gasteiger partial charge < -0.3 is 0 Å². The van der Waals surface area contributed by atoms with Crippen molar-refractivity contribution in [1.82, 2.24) is 14.8 Å². The van der Waals surface area contributed by atoms with Crippen LogP contribution < -0.4 is 0 Å². The number of benzene rings is 1. The molecule has 0 bridgehead atoms. The second kappa shape index (κ2) is 8.40. The molecule has 3 nitrogen and oxygen atoms in total. The Labute approximate surface area is 257 Å². The second-order valence-electron chi connectivity index (χ2n) is 17.6. The fourth-order valence-electron chi connectivity index (χ4n) is 12.1. The lowest BCUT2D eigenvalue weighted by molar-refractivity contribution is -0.228. The Kier molecular flexibility index (Phi) is 5.52. The van der Waals surface area contributed by atoms with Crippen molar-refractivity contribution in [3.8, 4) is 5.13 Å². The van der Waals surface area contributed by atoms with Crippen molar-refractivity contribution in [2.45, 2.75) is 119 Å². The van der Waals surface area contributed by atoms with Crippen molar-refractivity contribution in [1.29, 1.82) is 0 Å². The largest absolute Gasteiger partial charge is 0.218 e. The Morgan fingerprint density at radius 2 is 1.55 bits per heavy atom. The number of thiazole rings is 1. The van der Waals surface area contributed by atoms with E-state index in [9.17, 15) is 0 Å². The first-order valence-electron chi connectivity index (χ1n) is 16.9. The highest BCUT2D eigenvalue weighted by Gasteiger charge is 2.69. The maximum absolute atomic E-state index is 5.04. The maximum Gasteiger partial charge on any atom is 0.211 e. The lowest BCUT2D eigenvalue weighted by Crippen LogP contribution is -2.65. The number of nitrogens with zero attached hydrogens (tertiary/aromatic N) is 3. The molecule has 0 saturated heterocycles. The third-order valence-electron chi connectivity index (χ3n) is 14.8. The summed E-state index contributed by atoms with van der Waals surface area (Å²) in [5, 5.41) is 6.04. The van der Waals surface area contributed by atoms with Gasteiger partial charge in [-0.1, -0.05) is 90.5 Å². The van der Waals surface area contributed by atoms with Crippen molar-refractivity contribution >= 4 is 21.6 Å². The van der Waals surface area contributed by atoms with E-state index >= 15 is 0 Å². The van der Waals surface area contributed by atoms with Gasteiger partial charge in [0.2, 0.25) is 5.13 Å². The average molecular weight is 582 g/mol. The summed E-state index contributed by atoms with van der Waals surface area (Å²) in [6.07, 6.45) is 17.2. The van der Waals surface area contributed by atoms with Crippen LogP contribution in [0.3, 0.4) is 0 Å². The van der Waals surface area contributed by atoms with Crippen LogP contribution >= 0.6 is 11.3 Å². The van der Waals surface area contributed by atoms with Gasteiger partial charge in [-0.05, 0) is 120 Å². The summed E-state index contributed by atoms with van der Waals surface area (Å²) in [5.41, 5.74) is 7.71. The van der Waals surface area contributed by atoms with E-state index in [1.165, 1.54) is 67.3 Å². The summed E-state index contributed by atoms with van der Waals surface area (Å²) < 4.78 is 3.43. The minimum Gasteiger partial charge on any atom is -0.218 e. The van der Waals surface area contributed by atoms with E-state index < -0.39 is 0 Å². The summed E-state index contributed by atoms with van der Waals surface area (Å²) >= 11 is 1.77. The minimum absolute atomic E-state index is 0.0548. The van der Waals surface area contributed by atoms with Crippen LogP contribution in [-0.2, 0) is 11.8 Å². The fourth-order valence-corrected chi connectivity index (χ4v) is 13.0. The van der Waals surface area contributed by atoms with Crippen LogP contribution in [0.15, 0.2) is 42.1 Å². The number of allylic oxidation sites excluding steroid dienone is 2. The first-order chi connectivity index (χ1) is 19.7. The predicted octanol–water partition coefficient (Wildman–Crippen LogP) is 10.3. The van der Waals surface area contributed by atoms with E-state index in [0.29, 0.717) is 33.0 Å². The zero-order valence-corrected chi connectivity index (χ0v) is 28.1. The van der Waals surface area contributed by atoms with Crippen LogP contribution in [-0.4, -0.2) is 14.8 Å². The van der Waals surface area contributed by atoms with Crippen LogP contribution in [0.2, 0.25) is 0 Å². The summed E-state index contributed by atoms with van der Waals surface area (Å²) in [7, 11) is 0. The minimum atomic E-state index is -0.0548. The SMILES string of the molecule is CC1(C)CC[C@]2(C)CC[C@]3(C)[C@H]4CC=C5[C@@H](Cc6cnn(-c7nc8ccccc8s7)c6C5(C)C)[C@]4(C)CC[C@@]3(C)[C@@H]2C1. The van der Waals surface area contributed by atoms with Crippen LogP contribution in [0.5, 0.6) is 0 Å². The molecule has 2 heterocycles. The standard InChI is InChI=1S/C38H51N3S/c1-33(2)15-16-35(5)17-19-37(7)29-14-13-25-26(36(29,6)18-20-38(37,8)30(35)22-33)21-24-23-39-41(31(24)34(25,3)4)32-40-27-11-9-10-12-28(27)42-32/h9-13,23,26,29-30H,14-22H2,1-8H3/t26-,29+,30-,35-,36+,37-,38+/m1/s1. The van der Waals surface area contributed by atoms with Gasteiger partial charge in [0.05, 0.1) is 22.1 Å². The molecular formula is C38H51N3S. The number of aromatic nitrogens is 3. The Balaban J connectivity index is 1.19. The molecule has 8 rings (SSSR count). The molecule has 5 aliphatic rings. The van der Waals surface area contributed by atoms with Gasteiger partial charge in [0.15, 0.2) is 0 Å². The highest BCUT2D eigenvalue weighted by Crippen LogP contribution is 2.77. The number of hydrogen-bond acceptors (Lipinski definition) is 3. The van der Waals surface area contributed by atoms with E-state index in [-0.39, 0.29) is 5.41 Å².